The molecule has 1 atom stereocenters. The number of rotatable bonds is 5. The molecule has 0 aromatic heterocycles. The maximum Gasteiger partial charge on any atom is 0.406 e. The monoisotopic (exact) mass is 188 g/mol. The zero-order chi connectivity index (χ0) is 10.3. The van der Waals surface area contributed by atoms with Gasteiger partial charge in [0, 0.05) is 6.42 Å². The molecule has 2 amide bonds. The third-order valence-electron chi connectivity index (χ3n) is 1.53. The standard InChI is InChI=1S/C8H16N2O3/c1-3-5-6(10-8(12)13)9-7(11)4-2/h6,10H,3-5H2,1-2H3,(H,9,11)(H,12,13). The summed E-state index contributed by atoms with van der Waals surface area (Å²) < 4.78 is 0. The SMILES string of the molecule is CCCC(NC(=O)O)NC(=O)CC. The quantitative estimate of drug-likeness (QED) is 0.561. The van der Waals surface area contributed by atoms with Crippen LogP contribution in [0.5, 0.6) is 0 Å². The van der Waals surface area contributed by atoms with Crippen LogP contribution < -0.4 is 10.6 Å². The average Bonchev–Trinajstić information content (AvgIpc) is 2.03. The molecule has 0 heterocycles. The molecule has 0 aliphatic rings. The molecule has 5 heteroatoms. The number of nitrogens with one attached hydrogen (secondary N) is 2. The Morgan fingerprint density at radius 3 is 2.31 bits per heavy atom. The zero-order valence-corrected chi connectivity index (χ0v) is 7.96. The number of amides is 2. The zero-order valence-electron chi connectivity index (χ0n) is 7.96. The Balaban J connectivity index is 3.93. The van der Waals surface area contributed by atoms with Gasteiger partial charge < -0.3 is 15.7 Å². The summed E-state index contributed by atoms with van der Waals surface area (Å²) in [7, 11) is 0. The van der Waals surface area contributed by atoms with E-state index in [1.165, 1.54) is 0 Å². The van der Waals surface area contributed by atoms with Crippen molar-refractivity contribution in [1.29, 1.82) is 0 Å². The second-order valence-corrected chi connectivity index (χ2v) is 2.71. The van der Waals surface area contributed by atoms with Gasteiger partial charge in [-0.2, -0.15) is 0 Å². The number of carbonyl (C=O) groups excluding carboxylic acids is 1. The van der Waals surface area contributed by atoms with Gasteiger partial charge in [-0.05, 0) is 6.42 Å². The van der Waals surface area contributed by atoms with Crippen LogP contribution in [0.1, 0.15) is 33.1 Å². The van der Waals surface area contributed by atoms with E-state index in [1.54, 1.807) is 6.92 Å². The van der Waals surface area contributed by atoms with Gasteiger partial charge in [0.05, 0.1) is 0 Å². The van der Waals surface area contributed by atoms with Crippen LogP contribution in [0.4, 0.5) is 4.79 Å². The lowest BCUT2D eigenvalue weighted by atomic mass is 10.2. The average molecular weight is 188 g/mol. The molecular weight excluding hydrogens is 172 g/mol. The summed E-state index contributed by atoms with van der Waals surface area (Å²) in [6.07, 6.45) is 0.207. The smallest absolute Gasteiger partial charge is 0.406 e. The van der Waals surface area contributed by atoms with Crippen molar-refractivity contribution >= 4 is 12.0 Å². The van der Waals surface area contributed by atoms with E-state index in [-0.39, 0.29) is 5.91 Å². The summed E-state index contributed by atoms with van der Waals surface area (Å²) in [6, 6.07) is 0. The molecule has 0 aromatic rings. The Labute approximate surface area is 77.5 Å². The topological polar surface area (TPSA) is 78.4 Å². The summed E-state index contributed by atoms with van der Waals surface area (Å²) >= 11 is 0. The molecule has 0 fully saturated rings. The van der Waals surface area contributed by atoms with Gasteiger partial charge in [0.2, 0.25) is 5.91 Å². The first kappa shape index (κ1) is 11.7. The summed E-state index contributed by atoms with van der Waals surface area (Å²) in [5, 5.41) is 13.2. The summed E-state index contributed by atoms with van der Waals surface area (Å²) in [5.41, 5.74) is 0. The van der Waals surface area contributed by atoms with Crippen molar-refractivity contribution in [2.75, 3.05) is 0 Å². The Bertz CT molecular complexity index is 182. The van der Waals surface area contributed by atoms with Crippen molar-refractivity contribution in [2.24, 2.45) is 0 Å². The molecular formula is C8H16N2O3. The molecule has 0 aromatic carbocycles. The maximum absolute atomic E-state index is 10.9. The van der Waals surface area contributed by atoms with Gasteiger partial charge in [0.1, 0.15) is 6.17 Å². The normalized spacial score (nSPS) is 11.8. The lowest BCUT2D eigenvalue weighted by Gasteiger charge is -2.17. The highest BCUT2D eigenvalue weighted by Gasteiger charge is 2.11. The van der Waals surface area contributed by atoms with Gasteiger partial charge >= 0.3 is 6.09 Å². The maximum atomic E-state index is 10.9. The molecule has 0 radical (unpaired) electrons. The van der Waals surface area contributed by atoms with Gasteiger partial charge in [0.15, 0.2) is 0 Å². The van der Waals surface area contributed by atoms with Crippen LogP contribution in [0, 0.1) is 0 Å². The van der Waals surface area contributed by atoms with E-state index in [4.69, 9.17) is 5.11 Å². The molecule has 13 heavy (non-hydrogen) atoms. The first-order valence-electron chi connectivity index (χ1n) is 4.39. The molecule has 3 N–H and O–H groups in total. The lowest BCUT2D eigenvalue weighted by molar-refractivity contribution is -0.121. The molecule has 0 aliphatic carbocycles. The van der Waals surface area contributed by atoms with Crippen molar-refractivity contribution in [1.82, 2.24) is 10.6 Å². The van der Waals surface area contributed by atoms with E-state index >= 15 is 0 Å². The van der Waals surface area contributed by atoms with Crippen molar-refractivity contribution in [3.63, 3.8) is 0 Å². The van der Waals surface area contributed by atoms with Crippen LogP contribution in [0.3, 0.4) is 0 Å². The fourth-order valence-corrected chi connectivity index (χ4v) is 0.915. The molecule has 0 saturated carbocycles. The Hall–Kier alpha value is -1.26. The number of hydrogen-bond donors (Lipinski definition) is 3. The predicted octanol–water partition coefficient (Wildman–Crippen LogP) is 0.906. The molecule has 0 saturated heterocycles. The second kappa shape index (κ2) is 6.28. The highest BCUT2D eigenvalue weighted by Crippen LogP contribution is 1.93. The van der Waals surface area contributed by atoms with Crippen molar-refractivity contribution in [2.45, 2.75) is 39.3 Å². The second-order valence-electron chi connectivity index (χ2n) is 2.71. The highest BCUT2D eigenvalue weighted by molar-refractivity contribution is 5.76. The van der Waals surface area contributed by atoms with Crippen LogP contribution in [0.25, 0.3) is 0 Å². The molecule has 0 bridgehead atoms. The molecule has 76 valence electrons. The minimum atomic E-state index is -1.12. The lowest BCUT2D eigenvalue weighted by Crippen LogP contribution is -2.47. The van der Waals surface area contributed by atoms with Crippen LogP contribution in [0.15, 0.2) is 0 Å². The molecule has 5 nitrogen and oxygen atoms in total. The molecule has 0 aliphatic heterocycles. The van der Waals surface area contributed by atoms with Gasteiger partial charge in [-0.3, -0.25) is 4.79 Å². The van der Waals surface area contributed by atoms with E-state index in [9.17, 15) is 9.59 Å². The minimum Gasteiger partial charge on any atom is -0.465 e. The molecule has 1 unspecified atom stereocenters. The van der Waals surface area contributed by atoms with Crippen LogP contribution in [-0.2, 0) is 4.79 Å². The fourth-order valence-electron chi connectivity index (χ4n) is 0.915. The predicted molar refractivity (Wildman–Crippen MR) is 48.3 cm³/mol. The van der Waals surface area contributed by atoms with Crippen LogP contribution >= 0.6 is 0 Å². The van der Waals surface area contributed by atoms with Crippen molar-refractivity contribution in [3.8, 4) is 0 Å². The summed E-state index contributed by atoms with van der Waals surface area (Å²) in [5.74, 6) is -0.146. The summed E-state index contributed by atoms with van der Waals surface area (Å²) in [4.78, 5) is 21.2. The Morgan fingerprint density at radius 1 is 1.31 bits per heavy atom. The van der Waals surface area contributed by atoms with E-state index in [0.717, 1.165) is 6.42 Å². The number of carboxylic acid groups (broad SMARTS) is 1. The molecule has 0 spiro atoms. The van der Waals surface area contributed by atoms with Gasteiger partial charge in [-0.15, -0.1) is 0 Å². The first-order chi connectivity index (χ1) is 6.10. The van der Waals surface area contributed by atoms with Crippen molar-refractivity contribution in [3.05, 3.63) is 0 Å². The van der Waals surface area contributed by atoms with E-state index in [1.807, 2.05) is 6.92 Å². The third-order valence-corrected chi connectivity index (χ3v) is 1.53. The fraction of sp³-hybridized carbons (Fsp3) is 0.750. The third kappa shape index (κ3) is 5.95. The van der Waals surface area contributed by atoms with E-state index < -0.39 is 12.3 Å². The van der Waals surface area contributed by atoms with Crippen LogP contribution in [0.2, 0.25) is 0 Å². The Kier molecular flexibility index (Phi) is 5.67. The van der Waals surface area contributed by atoms with E-state index in [2.05, 4.69) is 10.6 Å². The van der Waals surface area contributed by atoms with Gasteiger partial charge in [-0.25, -0.2) is 4.79 Å². The first-order valence-corrected chi connectivity index (χ1v) is 4.39. The van der Waals surface area contributed by atoms with E-state index in [0.29, 0.717) is 12.8 Å². The number of carbonyl (C=O) groups is 2. The number of hydrogen-bond acceptors (Lipinski definition) is 2. The largest absolute Gasteiger partial charge is 0.465 e. The highest BCUT2D eigenvalue weighted by atomic mass is 16.4. The van der Waals surface area contributed by atoms with Crippen molar-refractivity contribution < 1.29 is 14.7 Å². The minimum absolute atomic E-state index is 0.146. The molecule has 0 rings (SSSR count). The van der Waals surface area contributed by atoms with Gasteiger partial charge in [-0.1, -0.05) is 20.3 Å². The summed E-state index contributed by atoms with van der Waals surface area (Å²) in [6.45, 7) is 3.65. The van der Waals surface area contributed by atoms with Gasteiger partial charge in [0.25, 0.3) is 0 Å². The van der Waals surface area contributed by atoms with Crippen LogP contribution in [-0.4, -0.2) is 23.3 Å². The Morgan fingerprint density at radius 2 is 1.92 bits per heavy atom.